The van der Waals surface area contributed by atoms with Crippen LogP contribution >= 0.6 is 23.2 Å². The van der Waals surface area contributed by atoms with E-state index in [1.807, 2.05) is 6.92 Å². The topological polar surface area (TPSA) is 42.2 Å². The number of carboxylic acid groups (broad SMARTS) is 1. The van der Waals surface area contributed by atoms with Gasteiger partial charge < -0.3 is 9.67 Å². The van der Waals surface area contributed by atoms with Gasteiger partial charge in [-0.25, -0.2) is 4.79 Å². The summed E-state index contributed by atoms with van der Waals surface area (Å²) in [5, 5.41) is 10.2. The summed E-state index contributed by atoms with van der Waals surface area (Å²) in [4.78, 5) is 11.1. The summed E-state index contributed by atoms with van der Waals surface area (Å²) in [6.07, 6.45) is 1.72. The van der Waals surface area contributed by atoms with Crippen molar-refractivity contribution in [3.8, 4) is 0 Å². The summed E-state index contributed by atoms with van der Waals surface area (Å²) < 4.78 is 1.66. The molecule has 0 aliphatic carbocycles. The third kappa shape index (κ3) is 2.37. The molecule has 5 heteroatoms. The monoisotopic (exact) mass is 283 g/mol. The van der Waals surface area contributed by atoms with Crippen LogP contribution in [-0.4, -0.2) is 15.6 Å². The summed E-state index contributed by atoms with van der Waals surface area (Å²) in [6.45, 7) is 1.89. The number of carbonyl (C=O) groups is 1. The van der Waals surface area contributed by atoms with Crippen LogP contribution in [0.4, 0.5) is 0 Å². The Labute approximate surface area is 115 Å². The van der Waals surface area contributed by atoms with Crippen molar-refractivity contribution in [2.45, 2.75) is 13.0 Å². The fourth-order valence-corrected chi connectivity index (χ4v) is 2.47. The second kappa shape index (κ2) is 5.04. The van der Waals surface area contributed by atoms with Crippen molar-refractivity contribution in [2.75, 3.05) is 0 Å². The van der Waals surface area contributed by atoms with Gasteiger partial charge in [0, 0.05) is 16.2 Å². The van der Waals surface area contributed by atoms with E-state index >= 15 is 0 Å². The smallest absolute Gasteiger partial charge is 0.352 e. The van der Waals surface area contributed by atoms with Gasteiger partial charge in [0.2, 0.25) is 0 Å². The van der Waals surface area contributed by atoms with Gasteiger partial charge in [0.25, 0.3) is 0 Å². The molecule has 1 aromatic carbocycles. The molecule has 2 aromatic rings. The van der Waals surface area contributed by atoms with Crippen LogP contribution in [0.25, 0.3) is 0 Å². The second-order valence-electron chi connectivity index (χ2n) is 3.95. The Balaban J connectivity index is 2.44. The molecule has 0 amide bonds. The van der Waals surface area contributed by atoms with Gasteiger partial charge in [-0.1, -0.05) is 29.3 Å². The second-order valence-corrected chi connectivity index (χ2v) is 4.79. The lowest BCUT2D eigenvalue weighted by atomic mass is 10.1. The van der Waals surface area contributed by atoms with E-state index in [4.69, 9.17) is 28.3 Å². The third-order valence-corrected chi connectivity index (χ3v) is 3.39. The molecule has 0 aliphatic rings. The Morgan fingerprint density at radius 1 is 1.33 bits per heavy atom. The zero-order valence-electron chi connectivity index (χ0n) is 9.60. The maximum Gasteiger partial charge on any atom is 0.352 e. The van der Waals surface area contributed by atoms with Crippen molar-refractivity contribution in [1.82, 2.24) is 4.57 Å². The molecule has 0 bridgehead atoms. The molecule has 0 saturated carbocycles. The molecule has 0 spiro atoms. The van der Waals surface area contributed by atoms with E-state index < -0.39 is 5.97 Å². The van der Waals surface area contributed by atoms with Gasteiger partial charge in [-0.15, -0.1) is 0 Å². The third-order valence-electron chi connectivity index (χ3n) is 2.83. The first-order valence-electron chi connectivity index (χ1n) is 5.36. The highest BCUT2D eigenvalue weighted by atomic mass is 35.5. The van der Waals surface area contributed by atoms with Crippen molar-refractivity contribution in [1.29, 1.82) is 0 Å². The van der Waals surface area contributed by atoms with Crippen LogP contribution in [0.15, 0.2) is 36.5 Å². The van der Waals surface area contributed by atoms with E-state index in [1.54, 1.807) is 41.1 Å². The van der Waals surface area contributed by atoms with Gasteiger partial charge in [-0.3, -0.25) is 0 Å². The Hall–Kier alpha value is -1.45. The lowest BCUT2D eigenvalue weighted by molar-refractivity contribution is 0.0684. The normalized spacial score (nSPS) is 12.4. The molecule has 1 N–H and O–H groups in total. The van der Waals surface area contributed by atoms with E-state index in [1.165, 1.54) is 0 Å². The lowest BCUT2D eigenvalue weighted by Crippen LogP contribution is -2.13. The average Bonchev–Trinajstić information content (AvgIpc) is 2.77. The minimum absolute atomic E-state index is 0.170. The fraction of sp³-hybridized carbons (Fsp3) is 0.154. The minimum Gasteiger partial charge on any atom is -0.477 e. The maximum absolute atomic E-state index is 11.1. The predicted molar refractivity (Wildman–Crippen MR) is 71.7 cm³/mol. The number of carboxylic acids is 1. The van der Waals surface area contributed by atoms with Crippen molar-refractivity contribution >= 4 is 29.2 Å². The number of rotatable bonds is 3. The standard InChI is InChI=1S/C13H11Cl2NO2/c1-8(10-5-4-9(14)7-11(10)15)16-6-2-3-12(16)13(17)18/h2-8H,1H3,(H,17,18). The van der Waals surface area contributed by atoms with Crippen LogP contribution in [0.1, 0.15) is 29.0 Å². The van der Waals surface area contributed by atoms with Gasteiger partial charge in [-0.2, -0.15) is 0 Å². The summed E-state index contributed by atoms with van der Waals surface area (Å²) in [6, 6.07) is 8.28. The van der Waals surface area contributed by atoms with Crippen LogP contribution in [0.5, 0.6) is 0 Å². The van der Waals surface area contributed by atoms with Gasteiger partial charge in [0.1, 0.15) is 5.69 Å². The molecule has 1 unspecified atom stereocenters. The molecule has 18 heavy (non-hydrogen) atoms. The van der Waals surface area contributed by atoms with Crippen molar-refractivity contribution in [2.24, 2.45) is 0 Å². The van der Waals surface area contributed by atoms with E-state index in [0.717, 1.165) is 5.56 Å². The Bertz CT molecular complexity index is 592. The number of halogens is 2. The summed E-state index contributed by atoms with van der Waals surface area (Å²) >= 11 is 12.0. The highest BCUT2D eigenvalue weighted by Crippen LogP contribution is 2.29. The SMILES string of the molecule is CC(c1ccc(Cl)cc1Cl)n1cccc1C(=O)O. The molecule has 94 valence electrons. The number of aromatic nitrogens is 1. The molecule has 2 rings (SSSR count). The number of aromatic carboxylic acids is 1. The molecular weight excluding hydrogens is 273 g/mol. The van der Waals surface area contributed by atoms with Crippen LogP contribution < -0.4 is 0 Å². The van der Waals surface area contributed by atoms with E-state index in [-0.39, 0.29) is 11.7 Å². The average molecular weight is 284 g/mol. The number of nitrogens with zero attached hydrogens (tertiary/aromatic N) is 1. The first-order valence-corrected chi connectivity index (χ1v) is 6.11. The van der Waals surface area contributed by atoms with Crippen LogP contribution in [0.3, 0.4) is 0 Å². The molecule has 0 aliphatic heterocycles. The minimum atomic E-state index is -0.961. The molecule has 0 fully saturated rings. The number of benzene rings is 1. The van der Waals surface area contributed by atoms with Gasteiger partial charge in [-0.05, 0) is 36.8 Å². The molecule has 0 saturated heterocycles. The molecular formula is C13H11Cl2NO2. The zero-order chi connectivity index (χ0) is 13.3. The molecule has 0 radical (unpaired) electrons. The molecule has 3 nitrogen and oxygen atoms in total. The van der Waals surface area contributed by atoms with E-state index in [0.29, 0.717) is 10.0 Å². The largest absolute Gasteiger partial charge is 0.477 e. The Kier molecular flexibility index (Phi) is 3.64. The fourth-order valence-electron chi connectivity index (χ4n) is 1.90. The van der Waals surface area contributed by atoms with Crippen LogP contribution in [0, 0.1) is 0 Å². The van der Waals surface area contributed by atoms with Gasteiger partial charge in [0.15, 0.2) is 0 Å². The van der Waals surface area contributed by atoms with Crippen molar-refractivity contribution < 1.29 is 9.90 Å². The first kappa shape index (κ1) is 13.0. The highest BCUT2D eigenvalue weighted by molar-refractivity contribution is 6.35. The maximum atomic E-state index is 11.1. The Morgan fingerprint density at radius 3 is 2.67 bits per heavy atom. The first-order chi connectivity index (χ1) is 8.50. The molecule has 1 heterocycles. The van der Waals surface area contributed by atoms with Crippen molar-refractivity contribution in [3.05, 3.63) is 57.8 Å². The summed E-state index contributed by atoms with van der Waals surface area (Å²) in [7, 11) is 0. The van der Waals surface area contributed by atoms with Crippen LogP contribution in [-0.2, 0) is 0 Å². The van der Waals surface area contributed by atoms with Crippen molar-refractivity contribution in [3.63, 3.8) is 0 Å². The number of hydrogen-bond donors (Lipinski definition) is 1. The molecule has 1 atom stereocenters. The zero-order valence-corrected chi connectivity index (χ0v) is 11.1. The summed E-state index contributed by atoms with van der Waals surface area (Å²) in [5.41, 5.74) is 1.06. The van der Waals surface area contributed by atoms with E-state index in [2.05, 4.69) is 0 Å². The molecule has 1 aromatic heterocycles. The Morgan fingerprint density at radius 2 is 2.06 bits per heavy atom. The lowest BCUT2D eigenvalue weighted by Gasteiger charge is -2.17. The van der Waals surface area contributed by atoms with Crippen LogP contribution in [0.2, 0.25) is 10.0 Å². The predicted octanol–water partition coefficient (Wildman–Crippen LogP) is 4.10. The van der Waals surface area contributed by atoms with E-state index in [9.17, 15) is 4.79 Å². The quantitative estimate of drug-likeness (QED) is 0.921. The number of hydrogen-bond acceptors (Lipinski definition) is 1. The highest BCUT2D eigenvalue weighted by Gasteiger charge is 2.17. The summed E-state index contributed by atoms with van der Waals surface area (Å²) in [5.74, 6) is -0.961. The van der Waals surface area contributed by atoms with Gasteiger partial charge >= 0.3 is 5.97 Å². The van der Waals surface area contributed by atoms with Gasteiger partial charge in [0.05, 0.1) is 6.04 Å².